The summed E-state index contributed by atoms with van der Waals surface area (Å²) in [5.41, 5.74) is 1.69. The maximum Gasteiger partial charge on any atom is 0.407 e. The molecular weight excluding hydrogens is 268 g/mol. The van der Waals surface area contributed by atoms with Gasteiger partial charge in [0.15, 0.2) is 5.65 Å². The van der Waals surface area contributed by atoms with Gasteiger partial charge in [0.1, 0.15) is 12.4 Å². The normalized spacial score (nSPS) is 10.5. The molecular formula is C15H14N4O2. The van der Waals surface area contributed by atoms with Crippen LogP contribution in [0.3, 0.4) is 0 Å². The van der Waals surface area contributed by atoms with E-state index in [0.29, 0.717) is 5.82 Å². The van der Waals surface area contributed by atoms with E-state index in [4.69, 9.17) is 4.74 Å². The number of hydrogen-bond acceptors (Lipinski definition) is 4. The SMILES string of the molecule is O=C(NCc1ncc2ncccn12)OCc1ccccc1. The third-order valence-corrected chi connectivity index (χ3v) is 2.99. The van der Waals surface area contributed by atoms with Gasteiger partial charge in [0.2, 0.25) is 0 Å². The Labute approximate surface area is 121 Å². The molecule has 2 aromatic heterocycles. The van der Waals surface area contributed by atoms with Crippen molar-refractivity contribution in [2.24, 2.45) is 0 Å². The van der Waals surface area contributed by atoms with Crippen LogP contribution in [0, 0.1) is 0 Å². The highest BCUT2D eigenvalue weighted by Gasteiger charge is 2.07. The van der Waals surface area contributed by atoms with Crippen LogP contribution >= 0.6 is 0 Å². The van der Waals surface area contributed by atoms with Crippen molar-refractivity contribution < 1.29 is 9.53 Å². The maximum absolute atomic E-state index is 11.7. The Bertz CT molecular complexity index is 740. The average Bonchev–Trinajstić information content (AvgIpc) is 2.95. The summed E-state index contributed by atoms with van der Waals surface area (Å²) in [7, 11) is 0. The Morgan fingerprint density at radius 1 is 1.19 bits per heavy atom. The van der Waals surface area contributed by atoms with E-state index in [2.05, 4.69) is 15.3 Å². The predicted octanol–water partition coefficient (Wildman–Crippen LogP) is 2.16. The molecule has 2 heterocycles. The number of aromatic nitrogens is 3. The highest BCUT2D eigenvalue weighted by molar-refractivity contribution is 5.67. The first-order valence-corrected chi connectivity index (χ1v) is 6.54. The van der Waals surface area contributed by atoms with Gasteiger partial charge in [-0.2, -0.15) is 0 Å². The Kier molecular flexibility index (Phi) is 3.77. The van der Waals surface area contributed by atoms with Gasteiger partial charge in [0.25, 0.3) is 0 Å². The summed E-state index contributed by atoms with van der Waals surface area (Å²) in [5.74, 6) is 0.703. The van der Waals surface area contributed by atoms with E-state index in [1.54, 1.807) is 12.4 Å². The Morgan fingerprint density at radius 3 is 2.90 bits per heavy atom. The molecule has 0 saturated carbocycles. The van der Waals surface area contributed by atoms with E-state index in [1.165, 1.54) is 0 Å². The van der Waals surface area contributed by atoms with Crippen LogP contribution in [0.5, 0.6) is 0 Å². The number of benzene rings is 1. The number of nitrogens with zero attached hydrogens (tertiary/aromatic N) is 3. The van der Waals surface area contributed by atoms with Crippen molar-refractivity contribution >= 4 is 11.7 Å². The molecule has 21 heavy (non-hydrogen) atoms. The topological polar surface area (TPSA) is 68.5 Å². The molecule has 1 amide bonds. The van der Waals surface area contributed by atoms with E-state index < -0.39 is 6.09 Å². The Hall–Kier alpha value is -2.89. The molecule has 0 aliphatic heterocycles. The van der Waals surface area contributed by atoms with Crippen molar-refractivity contribution in [3.8, 4) is 0 Å². The van der Waals surface area contributed by atoms with Crippen LogP contribution in [-0.4, -0.2) is 20.5 Å². The van der Waals surface area contributed by atoms with Crippen LogP contribution < -0.4 is 5.32 Å². The molecule has 0 bridgehead atoms. The standard InChI is InChI=1S/C15H14N4O2/c20-15(21-11-12-5-2-1-3-6-12)18-10-14-17-9-13-16-7-4-8-19(13)14/h1-9H,10-11H2,(H,18,20). The highest BCUT2D eigenvalue weighted by atomic mass is 16.5. The Morgan fingerprint density at radius 2 is 2.05 bits per heavy atom. The lowest BCUT2D eigenvalue weighted by Gasteiger charge is -2.06. The molecule has 0 atom stereocenters. The number of imidazole rings is 1. The third kappa shape index (κ3) is 3.17. The van der Waals surface area contributed by atoms with E-state index in [9.17, 15) is 4.79 Å². The van der Waals surface area contributed by atoms with Crippen molar-refractivity contribution in [1.82, 2.24) is 19.7 Å². The Balaban J connectivity index is 1.54. The minimum atomic E-state index is -0.473. The summed E-state index contributed by atoms with van der Waals surface area (Å²) < 4.78 is 6.95. The second-order valence-electron chi connectivity index (χ2n) is 4.44. The number of rotatable bonds is 4. The lowest BCUT2D eigenvalue weighted by atomic mass is 10.2. The number of fused-ring (bicyclic) bond motifs is 1. The fourth-order valence-corrected chi connectivity index (χ4v) is 1.95. The molecule has 0 saturated heterocycles. The summed E-state index contributed by atoms with van der Waals surface area (Å²) in [6.07, 6.45) is 4.73. The van der Waals surface area contributed by atoms with Crippen LogP contribution in [0.15, 0.2) is 55.0 Å². The van der Waals surface area contributed by atoms with Gasteiger partial charge in [0.05, 0.1) is 12.7 Å². The molecule has 0 unspecified atom stereocenters. The largest absolute Gasteiger partial charge is 0.445 e. The van der Waals surface area contributed by atoms with E-state index in [0.717, 1.165) is 11.2 Å². The van der Waals surface area contributed by atoms with Gasteiger partial charge in [-0.05, 0) is 11.6 Å². The summed E-state index contributed by atoms with van der Waals surface area (Å²) in [6, 6.07) is 11.3. The van der Waals surface area contributed by atoms with Crippen molar-refractivity contribution in [2.75, 3.05) is 0 Å². The van der Waals surface area contributed by atoms with Crippen LogP contribution in [0.2, 0.25) is 0 Å². The first-order valence-electron chi connectivity index (χ1n) is 6.54. The first-order chi connectivity index (χ1) is 10.3. The fourth-order valence-electron chi connectivity index (χ4n) is 1.95. The van der Waals surface area contributed by atoms with E-state index >= 15 is 0 Å². The lowest BCUT2D eigenvalue weighted by Crippen LogP contribution is -2.24. The van der Waals surface area contributed by atoms with Gasteiger partial charge >= 0.3 is 6.09 Å². The van der Waals surface area contributed by atoms with Crippen LogP contribution in [0.1, 0.15) is 11.4 Å². The van der Waals surface area contributed by atoms with Crippen molar-refractivity contribution in [2.45, 2.75) is 13.2 Å². The predicted molar refractivity (Wildman–Crippen MR) is 76.5 cm³/mol. The minimum Gasteiger partial charge on any atom is -0.445 e. The number of hydrogen-bond donors (Lipinski definition) is 1. The number of ether oxygens (including phenoxy) is 1. The molecule has 0 spiro atoms. The molecule has 0 fully saturated rings. The number of nitrogens with one attached hydrogen (secondary N) is 1. The van der Waals surface area contributed by atoms with Crippen molar-refractivity contribution in [1.29, 1.82) is 0 Å². The second-order valence-corrected chi connectivity index (χ2v) is 4.44. The third-order valence-electron chi connectivity index (χ3n) is 2.99. The van der Waals surface area contributed by atoms with Crippen LogP contribution in [0.25, 0.3) is 5.65 Å². The van der Waals surface area contributed by atoms with Gasteiger partial charge < -0.3 is 10.1 Å². The summed E-state index contributed by atoms with van der Waals surface area (Å²) in [5, 5.41) is 2.68. The zero-order chi connectivity index (χ0) is 14.5. The molecule has 1 N–H and O–H groups in total. The molecule has 6 nitrogen and oxygen atoms in total. The summed E-state index contributed by atoms with van der Waals surface area (Å²) in [6.45, 7) is 0.532. The summed E-state index contributed by atoms with van der Waals surface area (Å²) >= 11 is 0. The van der Waals surface area contributed by atoms with Gasteiger partial charge in [0, 0.05) is 12.4 Å². The van der Waals surface area contributed by atoms with E-state index in [1.807, 2.05) is 47.0 Å². The quantitative estimate of drug-likeness (QED) is 0.796. The lowest BCUT2D eigenvalue weighted by molar-refractivity contribution is 0.139. The van der Waals surface area contributed by atoms with Gasteiger partial charge in [-0.25, -0.2) is 14.8 Å². The zero-order valence-electron chi connectivity index (χ0n) is 11.3. The number of alkyl carbamates (subject to hydrolysis) is 1. The average molecular weight is 282 g/mol. The van der Waals surface area contributed by atoms with Gasteiger partial charge in [-0.1, -0.05) is 30.3 Å². The fraction of sp³-hybridized carbons (Fsp3) is 0.133. The summed E-state index contributed by atoms with van der Waals surface area (Å²) in [4.78, 5) is 20.0. The van der Waals surface area contributed by atoms with Crippen LogP contribution in [-0.2, 0) is 17.9 Å². The molecule has 1 aromatic carbocycles. The first kappa shape index (κ1) is 13.1. The minimum absolute atomic E-state index is 0.247. The number of carbonyl (C=O) groups is 1. The smallest absolute Gasteiger partial charge is 0.407 e. The second kappa shape index (κ2) is 6.04. The monoisotopic (exact) mass is 282 g/mol. The molecule has 6 heteroatoms. The van der Waals surface area contributed by atoms with Gasteiger partial charge in [-0.3, -0.25) is 4.40 Å². The van der Waals surface area contributed by atoms with E-state index in [-0.39, 0.29) is 13.2 Å². The maximum atomic E-state index is 11.7. The van der Waals surface area contributed by atoms with Crippen molar-refractivity contribution in [3.05, 3.63) is 66.4 Å². The molecule has 106 valence electrons. The van der Waals surface area contributed by atoms with Crippen molar-refractivity contribution in [3.63, 3.8) is 0 Å². The zero-order valence-corrected chi connectivity index (χ0v) is 11.3. The number of amides is 1. The highest BCUT2D eigenvalue weighted by Crippen LogP contribution is 2.03. The molecule has 0 aliphatic rings. The van der Waals surface area contributed by atoms with Gasteiger partial charge in [-0.15, -0.1) is 0 Å². The van der Waals surface area contributed by atoms with Crippen LogP contribution in [0.4, 0.5) is 4.79 Å². The number of carbonyl (C=O) groups excluding carboxylic acids is 1. The molecule has 0 aliphatic carbocycles. The molecule has 3 aromatic rings. The molecule has 0 radical (unpaired) electrons. The molecule has 3 rings (SSSR count).